The predicted octanol–water partition coefficient (Wildman–Crippen LogP) is 14.2. The quantitative estimate of drug-likeness (QED) is 0.0273. The van der Waals surface area contributed by atoms with Crippen molar-refractivity contribution >= 4 is 13.7 Å². The number of amides is 1. The van der Waals surface area contributed by atoms with Gasteiger partial charge in [-0.2, -0.15) is 0 Å². The highest BCUT2D eigenvalue weighted by Crippen LogP contribution is 2.38. The highest BCUT2D eigenvalue weighted by Gasteiger charge is 2.23. The standard InChI is InChI=1S/C52H99N2O6P/c1-6-8-10-12-14-16-18-20-22-24-25-26-27-28-29-30-32-34-36-38-40-42-44-46-52(56)53-50(49-60-61(57,58)59-48-47-54(3,4)5)51(55)45-43-41-39-37-35-33-31-23-21-19-17-15-13-11-9-7-2/h18,20,24-25,27-28,43,45,50-51,55H,6-17,19,21-23,26,29-42,44,46-49H2,1-5H3,(H-,53,56,57,58)/b20-18-,25-24-,28-27-,45-43+. The maximum atomic E-state index is 12.9. The fraction of sp³-hybridized carbons (Fsp3) is 0.827. The van der Waals surface area contributed by atoms with Crippen LogP contribution in [0.25, 0.3) is 0 Å². The Morgan fingerprint density at radius 3 is 1.38 bits per heavy atom. The lowest BCUT2D eigenvalue weighted by Crippen LogP contribution is -2.45. The minimum absolute atomic E-state index is 0.00368. The summed E-state index contributed by atoms with van der Waals surface area (Å²) >= 11 is 0. The zero-order valence-electron chi connectivity index (χ0n) is 40.6. The first-order valence-electron chi connectivity index (χ1n) is 25.5. The number of aliphatic hydroxyl groups is 1. The second-order valence-electron chi connectivity index (χ2n) is 18.5. The van der Waals surface area contributed by atoms with Crippen molar-refractivity contribution in [2.24, 2.45) is 0 Å². The summed E-state index contributed by atoms with van der Waals surface area (Å²) in [5, 5.41) is 13.8. The molecule has 3 atom stereocenters. The van der Waals surface area contributed by atoms with Gasteiger partial charge in [0.1, 0.15) is 13.2 Å². The molecule has 358 valence electrons. The second-order valence-corrected chi connectivity index (χ2v) is 19.9. The molecule has 61 heavy (non-hydrogen) atoms. The number of carbonyl (C=O) groups is 1. The summed E-state index contributed by atoms with van der Waals surface area (Å²) in [7, 11) is 1.25. The molecule has 0 spiro atoms. The molecule has 2 N–H and O–H groups in total. The zero-order chi connectivity index (χ0) is 45.0. The number of carbonyl (C=O) groups excluding carboxylic acids is 1. The summed E-state index contributed by atoms with van der Waals surface area (Å²) in [6, 6.07) is -0.891. The van der Waals surface area contributed by atoms with E-state index in [0.717, 1.165) is 57.8 Å². The maximum absolute atomic E-state index is 12.9. The smallest absolute Gasteiger partial charge is 0.268 e. The van der Waals surface area contributed by atoms with Crippen molar-refractivity contribution in [3.63, 3.8) is 0 Å². The van der Waals surface area contributed by atoms with E-state index in [9.17, 15) is 19.4 Å². The lowest BCUT2D eigenvalue weighted by atomic mass is 10.0. The minimum Gasteiger partial charge on any atom is -0.756 e. The van der Waals surface area contributed by atoms with Gasteiger partial charge in [0.25, 0.3) is 7.82 Å². The molecular formula is C52H99N2O6P. The van der Waals surface area contributed by atoms with Gasteiger partial charge in [-0.15, -0.1) is 0 Å². The number of hydrogen-bond donors (Lipinski definition) is 2. The SMILES string of the molecule is CCCCCCC/C=C\C/C=C\C/C=C\CCCCCCCCCCC(=O)NC(COP(=O)([O-])OCC[N+](C)(C)C)C(O)/C=C/CCCCCCCCCCCCCCCC. The predicted molar refractivity (Wildman–Crippen MR) is 261 cm³/mol. The molecule has 0 aliphatic carbocycles. The molecule has 0 rings (SSSR count). The maximum Gasteiger partial charge on any atom is 0.268 e. The largest absolute Gasteiger partial charge is 0.756 e. The van der Waals surface area contributed by atoms with E-state index in [-0.39, 0.29) is 19.1 Å². The van der Waals surface area contributed by atoms with Gasteiger partial charge in [-0.25, -0.2) is 0 Å². The topological polar surface area (TPSA) is 108 Å². The van der Waals surface area contributed by atoms with Crippen LogP contribution < -0.4 is 10.2 Å². The first-order chi connectivity index (χ1) is 29.5. The third kappa shape index (κ3) is 46.3. The first kappa shape index (κ1) is 59.5. The third-order valence-electron chi connectivity index (χ3n) is 11.3. The molecule has 0 bridgehead atoms. The number of nitrogens with one attached hydrogen (secondary N) is 1. The van der Waals surface area contributed by atoms with Crippen LogP contribution in [0.1, 0.15) is 226 Å². The van der Waals surface area contributed by atoms with Gasteiger partial charge in [0.05, 0.1) is 39.9 Å². The average molecular weight is 879 g/mol. The third-order valence-corrected chi connectivity index (χ3v) is 12.2. The van der Waals surface area contributed by atoms with Gasteiger partial charge in [-0.05, 0) is 57.8 Å². The van der Waals surface area contributed by atoms with Crippen LogP contribution in [-0.4, -0.2) is 68.5 Å². The van der Waals surface area contributed by atoms with E-state index in [1.165, 1.54) is 148 Å². The highest BCUT2D eigenvalue weighted by atomic mass is 31.2. The normalized spacial score (nSPS) is 14.5. The van der Waals surface area contributed by atoms with Crippen LogP contribution in [0.4, 0.5) is 0 Å². The molecule has 3 unspecified atom stereocenters. The number of likely N-dealkylation sites (N-methyl/N-ethyl adjacent to an activating group) is 1. The summed E-state index contributed by atoms with van der Waals surface area (Å²) in [6.45, 7) is 4.64. The van der Waals surface area contributed by atoms with Crippen molar-refractivity contribution < 1.29 is 32.9 Å². The Morgan fingerprint density at radius 1 is 0.574 bits per heavy atom. The van der Waals surface area contributed by atoms with Gasteiger partial charge < -0.3 is 28.8 Å². The summed E-state index contributed by atoms with van der Waals surface area (Å²) < 4.78 is 23.3. The van der Waals surface area contributed by atoms with Crippen LogP contribution in [-0.2, 0) is 18.4 Å². The van der Waals surface area contributed by atoms with Gasteiger partial charge in [0.15, 0.2) is 0 Å². The molecule has 0 aliphatic rings. The number of rotatable bonds is 46. The van der Waals surface area contributed by atoms with E-state index in [1.807, 2.05) is 27.2 Å². The first-order valence-corrected chi connectivity index (χ1v) is 27.0. The number of aliphatic hydroxyl groups excluding tert-OH is 1. The van der Waals surface area contributed by atoms with Crippen molar-refractivity contribution in [1.29, 1.82) is 0 Å². The van der Waals surface area contributed by atoms with Crippen molar-refractivity contribution in [2.75, 3.05) is 40.9 Å². The summed E-state index contributed by atoms with van der Waals surface area (Å²) in [6.07, 6.45) is 55.8. The molecule has 0 aromatic heterocycles. The number of phosphoric ester groups is 1. The Kier molecular flexibility index (Phi) is 42.6. The molecule has 0 aliphatic heterocycles. The fourth-order valence-electron chi connectivity index (χ4n) is 7.22. The molecule has 0 saturated carbocycles. The number of phosphoric acid groups is 1. The van der Waals surface area contributed by atoms with Crippen LogP contribution in [0.2, 0.25) is 0 Å². The van der Waals surface area contributed by atoms with E-state index in [4.69, 9.17) is 9.05 Å². The van der Waals surface area contributed by atoms with E-state index >= 15 is 0 Å². The van der Waals surface area contributed by atoms with Crippen molar-refractivity contribution in [1.82, 2.24) is 5.32 Å². The van der Waals surface area contributed by atoms with Crippen molar-refractivity contribution in [3.8, 4) is 0 Å². The molecule has 0 aromatic carbocycles. The van der Waals surface area contributed by atoms with Gasteiger partial charge in [0, 0.05) is 6.42 Å². The monoisotopic (exact) mass is 879 g/mol. The van der Waals surface area contributed by atoms with Crippen LogP contribution in [0.5, 0.6) is 0 Å². The number of unbranched alkanes of at least 4 members (excludes halogenated alkanes) is 27. The van der Waals surface area contributed by atoms with Gasteiger partial charge >= 0.3 is 0 Å². The van der Waals surface area contributed by atoms with Crippen molar-refractivity contribution in [3.05, 3.63) is 48.6 Å². The van der Waals surface area contributed by atoms with Gasteiger partial charge in [0.2, 0.25) is 5.91 Å². The second kappa shape index (κ2) is 43.7. The molecule has 9 heteroatoms. The molecule has 0 radical (unpaired) electrons. The van der Waals surface area contributed by atoms with Crippen molar-refractivity contribution in [2.45, 2.75) is 238 Å². The highest BCUT2D eigenvalue weighted by molar-refractivity contribution is 7.45. The molecule has 8 nitrogen and oxygen atoms in total. The summed E-state index contributed by atoms with van der Waals surface area (Å²) in [5.74, 6) is -0.205. The Labute approximate surface area is 378 Å². The Balaban J connectivity index is 4.32. The van der Waals surface area contributed by atoms with Gasteiger partial charge in [-0.1, -0.05) is 210 Å². The van der Waals surface area contributed by atoms with Gasteiger partial charge in [-0.3, -0.25) is 9.36 Å². The number of quaternary nitrogens is 1. The summed E-state index contributed by atoms with van der Waals surface area (Å²) in [5.41, 5.74) is 0. The average Bonchev–Trinajstić information content (AvgIpc) is 3.21. The molecule has 0 aromatic rings. The molecule has 0 saturated heterocycles. The lowest BCUT2D eigenvalue weighted by molar-refractivity contribution is -0.870. The van der Waals surface area contributed by atoms with E-state index in [1.54, 1.807) is 6.08 Å². The van der Waals surface area contributed by atoms with E-state index < -0.39 is 20.0 Å². The Bertz CT molecular complexity index is 1130. The van der Waals surface area contributed by atoms with Crippen LogP contribution in [0.15, 0.2) is 48.6 Å². The number of hydrogen-bond acceptors (Lipinski definition) is 6. The molecule has 1 amide bonds. The summed E-state index contributed by atoms with van der Waals surface area (Å²) in [4.78, 5) is 25.4. The molecule has 0 fully saturated rings. The minimum atomic E-state index is -4.59. The zero-order valence-corrected chi connectivity index (χ0v) is 41.5. The molecule has 0 heterocycles. The van der Waals surface area contributed by atoms with E-state index in [0.29, 0.717) is 17.4 Å². The number of nitrogens with zero attached hydrogens (tertiary/aromatic N) is 1. The Hall–Kier alpha value is -1.54. The fourth-order valence-corrected chi connectivity index (χ4v) is 7.94. The Morgan fingerprint density at radius 2 is 0.951 bits per heavy atom. The molecular weight excluding hydrogens is 780 g/mol. The van der Waals surface area contributed by atoms with Crippen LogP contribution >= 0.6 is 7.82 Å². The lowest BCUT2D eigenvalue weighted by Gasteiger charge is -2.29. The van der Waals surface area contributed by atoms with E-state index in [2.05, 4.69) is 55.6 Å². The van der Waals surface area contributed by atoms with Crippen LogP contribution in [0.3, 0.4) is 0 Å². The van der Waals surface area contributed by atoms with Crippen LogP contribution in [0, 0.1) is 0 Å². The number of allylic oxidation sites excluding steroid dienone is 7.